The van der Waals surface area contributed by atoms with Crippen molar-refractivity contribution >= 4 is 0 Å². The van der Waals surface area contributed by atoms with E-state index in [0.717, 1.165) is 0 Å². The Hall–Kier alpha value is -1.31. The summed E-state index contributed by atoms with van der Waals surface area (Å²) in [5.41, 5.74) is 1.33. The van der Waals surface area contributed by atoms with Gasteiger partial charge in [-0.3, -0.25) is 0 Å². The first-order valence-electron chi connectivity index (χ1n) is 4.00. The normalized spacial score (nSPS) is 12.9. The van der Waals surface area contributed by atoms with Crippen molar-refractivity contribution in [1.82, 2.24) is 4.98 Å². The number of nitrogens with two attached hydrogens (primary N) is 1. The van der Waals surface area contributed by atoms with Crippen molar-refractivity contribution in [2.24, 2.45) is 5.73 Å². The van der Waals surface area contributed by atoms with Gasteiger partial charge in [-0.2, -0.15) is 26.3 Å². The van der Waals surface area contributed by atoms with E-state index in [0.29, 0.717) is 12.1 Å². The van der Waals surface area contributed by atoms with E-state index in [4.69, 9.17) is 5.73 Å². The fourth-order valence-electron chi connectivity index (χ4n) is 1.06. The zero-order valence-electron chi connectivity index (χ0n) is 7.65. The van der Waals surface area contributed by atoms with Gasteiger partial charge in [0.15, 0.2) is 0 Å². The van der Waals surface area contributed by atoms with Gasteiger partial charge in [0, 0.05) is 6.54 Å². The summed E-state index contributed by atoms with van der Waals surface area (Å²) in [4.78, 5) is 2.56. The summed E-state index contributed by atoms with van der Waals surface area (Å²) in [7, 11) is 0. The van der Waals surface area contributed by atoms with E-state index in [2.05, 4.69) is 4.98 Å². The van der Waals surface area contributed by atoms with Crippen molar-refractivity contribution in [3.05, 3.63) is 29.1 Å². The monoisotopic (exact) mass is 244 g/mol. The van der Waals surface area contributed by atoms with E-state index in [1.165, 1.54) is 0 Å². The van der Waals surface area contributed by atoms with Crippen LogP contribution in [0.1, 0.15) is 17.0 Å². The highest BCUT2D eigenvalue weighted by Crippen LogP contribution is 2.34. The quantitative estimate of drug-likeness (QED) is 0.771. The molecular formula is C8H6F6N2. The van der Waals surface area contributed by atoms with Gasteiger partial charge < -0.3 is 5.73 Å². The second kappa shape index (κ2) is 3.93. The van der Waals surface area contributed by atoms with Crippen LogP contribution in [0.15, 0.2) is 12.1 Å². The molecule has 1 rings (SSSR count). The minimum Gasteiger partial charge on any atom is -0.326 e. The van der Waals surface area contributed by atoms with Crippen LogP contribution in [0.25, 0.3) is 0 Å². The lowest BCUT2D eigenvalue weighted by molar-refractivity contribution is -0.150. The van der Waals surface area contributed by atoms with Crippen LogP contribution in [0.2, 0.25) is 0 Å². The van der Waals surface area contributed by atoms with Gasteiger partial charge in [-0.15, -0.1) is 0 Å². The van der Waals surface area contributed by atoms with Crippen molar-refractivity contribution in [1.29, 1.82) is 0 Å². The van der Waals surface area contributed by atoms with Crippen molar-refractivity contribution in [3.63, 3.8) is 0 Å². The average Bonchev–Trinajstić information content (AvgIpc) is 2.14. The lowest BCUT2D eigenvalue weighted by atomic mass is 10.1. The summed E-state index contributed by atoms with van der Waals surface area (Å²) in [5.74, 6) is 0. The maximum atomic E-state index is 12.3. The van der Waals surface area contributed by atoms with E-state index in [-0.39, 0.29) is 0 Å². The Morgan fingerprint density at radius 2 is 1.56 bits per heavy atom. The lowest BCUT2D eigenvalue weighted by Gasteiger charge is -2.13. The molecule has 2 N–H and O–H groups in total. The predicted octanol–water partition coefficient (Wildman–Crippen LogP) is 2.58. The van der Waals surface area contributed by atoms with Gasteiger partial charge in [0.2, 0.25) is 0 Å². The molecule has 16 heavy (non-hydrogen) atoms. The highest BCUT2D eigenvalue weighted by atomic mass is 19.4. The van der Waals surface area contributed by atoms with Crippen LogP contribution in [-0.4, -0.2) is 4.98 Å². The van der Waals surface area contributed by atoms with Crippen LogP contribution in [-0.2, 0) is 18.9 Å². The average molecular weight is 244 g/mol. The Balaban J connectivity index is 3.34. The molecule has 0 spiro atoms. The standard InChI is InChI=1S/C8H6F6N2/c9-7(10,11)5-2-1-4(3-15)6(16-5)8(12,13)14/h1-2H,3,15H2. The molecule has 0 aliphatic carbocycles. The fourth-order valence-corrected chi connectivity index (χ4v) is 1.06. The highest BCUT2D eigenvalue weighted by molar-refractivity contribution is 5.26. The molecule has 0 saturated carbocycles. The molecule has 0 saturated heterocycles. The Labute approximate surface area is 86.1 Å². The molecule has 2 nitrogen and oxygen atoms in total. The summed E-state index contributed by atoms with van der Waals surface area (Å²) in [6.07, 6.45) is -9.86. The molecule has 0 aromatic carbocycles. The van der Waals surface area contributed by atoms with Crippen LogP contribution in [0.4, 0.5) is 26.3 Å². The zero-order chi connectivity index (χ0) is 12.6. The Morgan fingerprint density at radius 1 is 1.00 bits per heavy atom. The molecule has 1 heterocycles. The van der Waals surface area contributed by atoms with Gasteiger partial charge in [-0.05, 0) is 11.6 Å². The molecule has 0 aliphatic rings. The summed E-state index contributed by atoms with van der Waals surface area (Å²) in [6, 6.07) is 1.15. The Kier molecular flexibility index (Phi) is 3.13. The molecule has 1 aromatic rings. The number of halogens is 6. The maximum absolute atomic E-state index is 12.3. The fraction of sp³-hybridized carbons (Fsp3) is 0.375. The molecule has 0 fully saturated rings. The first-order chi connectivity index (χ1) is 7.16. The number of rotatable bonds is 1. The van der Waals surface area contributed by atoms with Crippen molar-refractivity contribution in [3.8, 4) is 0 Å². The minimum absolute atomic E-state index is 0.470. The van der Waals surface area contributed by atoms with Crippen molar-refractivity contribution < 1.29 is 26.3 Å². The highest BCUT2D eigenvalue weighted by Gasteiger charge is 2.39. The van der Waals surface area contributed by atoms with Crippen LogP contribution in [0.3, 0.4) is 0 Å². The number of pyridine rings is 1. The van der Waals surface area contributed by atoms with Gasteiger partial charge in [0.1, 0.15) is 11.4 Å². The molecule has 0 radical (unpaired) electrons. The maximum Gasteiger partial charge on any atom is 0.433 e. The number of alkyl halides is 6. The molecule has 8 heteroatoms. The van der Waals surface area contributed by atoms with Crippen LogP contribution in [0, 0.1) is 0 Å². The van der Waals surface area contributed by atoms with E-state index in [1.807, 2.05) is 0 Å². The second-order valence-electron chi connectivity index (χ2n) is 2.90. The summed E-state index contributed by atoms with van der Waals surface area (Å²) in [6.45, 7) is -0.528. The molecule has 0 atom stereocenters. The molecule has 0 aliphatic heterocycles. The van der Waals surface area contributed by atoms with Crippen LogP contribution in [0.5, 0.6) is 0 Å². The van der Waals surface area contributed by atoms with Gasteiger partial charge in [0.05, 0.1) is 0 Å². The van der Waals surface area contributed by atoms with Crippen LogP contribution >= 0.6 is 0 Å². The van der Waals surface area contributed by atoms with E-state index >= 15 is 0 Å². The number of nitrogens with zero attached hydrogens (tertiary/aromatic N) is 1. The topological polar surface area (TPSA) is 38.9 Å². The smallest absolute Gasteiger partial charge is 0.326 e. The largest absolute Gasteiger partial charge is 0.433 e. The molecule has 0 bridgehead atoms. The molecular weight excluding hydrogens is 238 g/mol. The molecule has 90 valence electrons. The predicted molar refractivity (Wildman–Crippen MR) is 42.1 cm³/mol. The second-order valence-corrected chi connectivity index (χ2v) is 2.90. The first kappa shape index (κ1) is 12.8. The first-order valence-corrected chi connectivity index (χ1v) is 4.00. The van der Waals surface area contributed by atoms with E-state index < -0.39 is 35.8 Å². The third-order valence-electron chi connectivity index (χ3n) is 1.76. The summed E-state index contributed by atoms with van der Waals surface area (Å²) >= 11 is 0. The number of aromatic nitrogens is 1. The van der Waals surface area contributed by atoms with E-state index in [1.54, 1.807) is 0 Å². The zero-order valence-corrected chi connectivity index (χ0v) is 7.65. The molecule has 0 amide bonds. The minimum atomic E-state index is -4.95. The van der Waals surface area contributed by atoms with E-state index in [9.17, 15) is 26.3 Å². The SMILES string of the molecule is NCc1ccc(C(F)(F)F)nc1C(F)(F)F. The summed E-state index contributed by atoms with van der Waals surface area (Å²) < 4.78 is 73.3. The Morgan fingerprint density at radius 3 is 1.94 bits per heavy atom. The van der Waals surface area contributed by atoms with Gasteiger partial charge in [-0.1, -0.05) is 6.07 Å². The third-order valence-corrected chi connectivity index (χ3v) is 1.76. The molecule has 1 aromatic heterocycles. The van der Waals surface area contributed by atoms with Gasteiger partial charge >= 0.3 is 12.4 Å². The summed E-state index contributed by atoms with van der Waals surface area (Å²) in [5, 5.41) is 0. The number of hydrogen-bond acceptors (Lipinski definition) is 2. The Bertz CT molecular complexity index is 381. The van der Waals surface area contributed by atoms with Gasteiger partial charge in [-0.25, -0.2) is 4.98 Å². The van der Waals surface area contributed by atoms with Gasteiger partial charge in [0.25, 0.3) is 0 Å². The lowest BCUT2D eigenvalue weighted by Crippen LogP contribution is -2.18. The third kappa shape index (κ3) is 2.63. The molecule has 0 unspecified atom stereocenters. The van der Waals surface area contributed by atoms with Crippen molar-refractivity contribution in [2.75, 3.05) is 0 Å². The van der Waals surface area contributed by atoms with Crippen molar-refractivity contribution in [2.45, 2.75) is 18.9 Å². The number of hydrogen-bond donors (Lipinski definition) is 1. The van der Waals surface area contributed by atoms with Crippen LogP contribution < -0.4 is 5.73 Å².